The van der Waals surface area contributed by atoms with E-state index >= 15 is 0 Å². The van der Waals surface area contributed by atoms with Gasteiger partial charge in [0, 0.05) is 36.3 Å². The summed E-state index contributed by atoms with van der Waals surface area (Å²) in [6, 6.07) is 1.61. The molecule has 0 saturated carbocycles. The highest BCUT2D eigenvalue weighted by molar-refractivity contribution is 5.88. The first kappa shape index (κ1) is 11.3. The summed E-state index contributed by atoms with van der Waals surface area (Å²) in [5, 5.41) is 13.2. The molecule has 1 N–H and O–H groups in total. The number of aromatic carboxylic acids is 1. The van der Waals surface area contributed by atoms with E-state index in [0.29, 0.717) is 0 Å². The van der Waals surface area contributed by atoms with Crippen molar-refractivity contribution in [3.05, 3.63) is 35.9 Å². The first-order valence-corrected chi connectivity index (χ1v) is 5.34. The maximum absolute atomic E-state index is 10.9. The number of hydrogen-bond acceptors (Lipinski definition) is 3. The molecule has 0 fully saturated rings. The Balaban J connectivity index is 2.48. The van der Waals surface area contributed by atoms with E-state index in [-0.39, 0.29) is 5.56 Å². The summed E-state index contributed by atoms with van der Waals surface area (Å²) in [5.74, 6) is -0.972. The highest BCUT2D eigenvalue weighted by Gasteiger charge is 2.10. The van der Waals surface area contributed by atoms with Gasteiger partial charge in [0.2, 0.25) is 0 Å². The molecule has 0 saturated heterocycles. The number of pyridine rings is 1. The van der Waals surface area contributed by atoms with Crippen molar-refractivity contribution in [2.75, 3.05) is 0 Å². The number of nitrogens with zero attached hydrogens (tertiary/aromatic N) is 3. The predicted octanol–water partition coefficient (Wildman–Crippen LogP) is 1.97. The summed E-state index contributed by atoms with van der Waals surface area (Å²) >= 11 is 0. The van der Waals surface area contributed by atoms with Crippen LogP contribution in [0.4, 0.5) is 0 Å². The third-order valence-electron chi connectivity index (χ3n) is 2.57. The minimum atomic E-state index is -0.972. The molecule has 0 radical (unpaired) electrons. The Bertz CT molecular complexity index is 561. The zero-order valence-corrected chi connectivity index (χ0v) is 9.71. The summed E-state index contributed by atoms with van der Waals surface area (Å²) in [5.41, 5.74) is 2.76. The quantitative estimate of drug-likeness (QED) is 0.876. The van der Waals surface area contributed by atoms with Crippen molar-refractivity contribution in [1.29, 1.82) is 0 Å². The third kappa shape index (κ3) is 2.18. The molecule has 2 aromatic rings. The van der Waals surface area contributed by atoms with E-state index in [1.54, 1.807) is 12.3 Å². The Morgan fingerprint density at radius 3 is 2.82 bits per heavy atom. The fourth-order valence-corrected chi connectivity index (χ4v) is 1.67. The second-order valence-corrected chi connectivity index (χ2v) is 3.75. The molecule has 2 heterocycles. The molecule has 5 heteroatoms. The SMILES string of the molecule is CCn1cc(-c2cncc(C(=O)O)c2)c(C)n1. The van der Waals surface area contributed by atoms with Crippen molar-refractivity contribution >= 4 is 5.97 Å². The average molecular weight is 231 g/mol. The van der Waals surface area contributed by atoms with Crippen LogP contribution in [0.5, 0.6) is 0 Å². The Labute approximate surface area is 98.7 Å². The lowest BCUT2D eigenvalue weighted by Gasteiger charge is -1.99. The van der Waals surface area contributed by atoms with Gasteiger partial charge >= 0.3 is 5.97 Å². The fourth-order valence-electron chi connectivity index (χ4n) is 1.67. The topological polar surface area (TPSA) is 68.0 Å². The fraction of sp³-hybridized carbons (Fsp3) is 0.250. The summed E-state index contributed by atoms with van der Waals surface area (Å²) in [6.07, 6.45) is 4.89. The van der Waals surface area contributed by atoms with E-state index < -0.39 is 5.97 Å². The van der Waals surface area contributed by atoms with E-state index in [2.05, 4.69) is 10.1 Å². The predicted molar refractivity (Wildman–Crippen MR) is 62.8 cm³/mol. The van der Waals surface area contributed by atoms with Crippen molar-refractivity contribution < 1.29 is 9.90 Å². The van der Waals surface area contributed by atoms with E-state index in [9.17, 15) is 4.79 Å². The van der Waals surface area contributed by atoms with Gasteiger partial charge < -0.3 is 5.11 Å². The van der Waals surface area contributed by atoms with Gasteiger partial charge in [-0.2, -0.15) is 5.10 Å². The van der Waals surface area contributed by atoms with Crippen molar-refractivity contribution in [3.63, 3.8) is 0 Å². The van der Waals surface area contributed by atoms with Crippen LogP contribution in [0.1, 0.15) is 23.0 Å². The first-order valence-electron chi connectivity index (χ1n) is 5.34. The Kier molecular flexibility index (Phi) is 2.91. The molecule has 0 aliphatic carbocycles. The number of rotatable bonds is 3. The molecule has 0 aliphatic heterocycles. The largest absolute Gasteiger partial charge is 0.478 e. The molecule has 2 rings (SSSR count). The second-order valence-electron chi connectivity index (χ2n) is 3.75. The molecule has 0 unspecified atom stereocenters. The number of carboxylic acids is 1. The van der Waals surface area contributed by atoms with Gasteiger partial charge in [0.15, 0.2) is 0 Å². The van der Waals surface area contributed by atoms with Crippen LogP contribution in [0, 0.1) is 6.92 Å². The molecule has 0 amide bonds. The van der Waals surface area contributed by atoms with Crippen molar-refractivity contribution in [1.82, 2.24) is 14.8 Å². The van der Waals surface area contributed by atoms with Gasteiger partial charge in [0.05, 0.1) is 11.3 Å². The lowest BCUT2D eigenvalue weighted by molar-refractivity contribution is 0.0696. The van der Waals surface area contributed by atoms with E-state index in [1.807, 2.05) is 24.7 Å². The first-order chi connectivity index (χ1) is 8.11. The normalized spacial score (nSPS) is 10.5. The minimum absolute atomic E-state index is 0.186. The molecule has 17 heavy (non-hydrogen) atoms. The second kappa shape index (κ2) is 4.37. The number of carboxylic acid groups (broad SMARTS) is 1. The van der Waals surface area contributed by atoms with Gasteiger partial charge in [-0.3, -0.25) is 9.67 Å². The van der Waals surface area contributed by atoms with Crippen molar-refractivity contribution in [2.24, 2.45) is 0 Å². The third-order valence-corrected chi connectivity index (χ3v) is 2.57. The van der Waals surface area contributed by atoms with E-state index in [0.717, 1.165) is 23.4 Å². The lowest BCUT2D eigenvalue weighted by Crippen LogP contribution is -1.97. The molecule has 0 bridgehead atoms. The molecular weight excluding hydrogens is 218 g/mol. The highest BCUT2D eigenvalue weighted by atomic mass is 16.4. The van der Waals surface area contributed by atoms with Gasteiger partial charge in [-0.05, 0) is 19.9 Å². The number of carbonyl (C=O) groups is 1. The average Bonchev–Trinajstić information content (AvgIpc) is 2.71. The van der Waals surface area contributed by atoms with Crippen molar-refractivity contribution in [2.45, 2.75) is 20.4 Å². The molecule has 0 aromatic carbocycles. The summed E-state index contributed by atoms with van der Waals surface area (Å²) in [7, 11) is 0. The monoisotopic (exact) mass is 231 g/mol. The van der Waals surface area contributed by atoms with Gasteiger partial charge in [0.25, 0.3) is 0 Å². The standard InChI is InChI=1S/C12H13N3O2/c1-3-15-7-11(8(2)14-15)9-4-10(12(16)17)6-13-5-9/h4-7H,3H2,1-2H3,(H,16,17). The van der Waals surface area contributed by atoms with Crippen LogP contribution in [0.15, 0.2) is 24.7 Å². The maximum Gasteiger partial charge on any atom is 0.337 e. The van der Waals surface area contributed by atoms with Crippen molar-refractivity contribution in [3.8, 4) is 11.1 Å². The zero-order valence-electron chi connectivity index (χ0n) is 9.71. The minimum Gasteiger partial charge on any atom is -0.478 e. The molecular formula is C12H13N3O2. The van der Waals surface area contributed by atoms with Crippen LogP contribution in [0.25, 0.3) is 11.1 Å². The van der Waals surface area contributed by atoms with Crippen LogP contribution < -0.4 is 0 Å². The van der Waals surface area contributed by atoms with Gasteiger partial charge in [0.1, 0.15) is 0 Å². The number of hydrogen-bond donors (Lipinski definition) is 1. The highest BCUT2D eigenvalue weighted by Crippen LogP contribution is 2.22. The maximum atomic E-state index is 10.9. The smallest absolute Gasteiger partial charge is 0.337 e. The van der Waals surface area contributed by atoms with Crippen LogP contribution in [0.3, 0.4) is 0 Å². The Morgan fingerprint density at radius 1 is 1.47 bits per heavy atom. The van der Waals surface area contributed by atoms with E-state index in [4.69, 9.17) is 5.11 Å². The number of aryl methyl sites for hydroxylation is 2. The molecule has 0 spiro atoms. The van der Waals surface area contributed by atoms with Gasteiger partial charge in [-0.15, -0.1) is 0 Å². The van der Waals surface area contributed by atoms with Gasteiger partial charge in [-0.1, -0.05) is 0 Å². The van der Waals surface area contributed by atoms with E-state index in [1.165, 1.54) is 6.20 Å². The van der Waals surface area contributed by atoms with Crippen LogP contribution in [-0.4, -0.2) is 25.8 Å². The zero-order chi connectivity index (χ0) is 12.4. The molecule has 0 atom stereocenters. The summed E-state index contributed by atoms with van der Waals surface area (Å²) in [4.78, 5) is 14.8. The van der Waals surface area contributed by atoms with Gasteiger partial charge in [-0.25, -0.2) is 4.79 Å². The van der Waals surface area contributed by atoms with Crippen LogP contribution in [0.2, 0.25) is 0 Å². The summed E-state index contributed by atoms with van der Waals surface area (Å²) in [6.45, 7) is 4.68. The Morgan fingerprint density at radius 2 is 2.24 bits per heavy atom. The molecule has 2 aromatic heterocycles. The molecule has 5 nitrogen and oxygen atoms in total. The van der Waals surface area contributed by atoms with Crippen LogP contribution in [-0.2, 0) is 6.54 Å². The Hall–Kier alpha value is -2.17. The van der Waals surface area contributed by atoms with Crippen LogP contribution >= 0.6 is 0 Å². The number of aromatic nitrogens is 3. The summed E-state index contributed by atoms with van der Waals surface area (Å²) < 4.78 is 1.82. The molecule has 88 valence electrons. The molecule has 0 aliphatic rings. The lowest BCUT2D eigenvalue weighted by atomic mass is 10.1.